The summed E-state index contributed by atoms with van der Waals surface area (Å²) in [4.78, 5) is 9.25. The molecule has 8 nitrogen and oxygen atoms in total. The SMILES string of the molecule is C=CC(=O)O.CCCCOC(O)COCCOCCOCCO. The number of aliphatic hydroxyl groups is 2. The quantitative estimate of drug-likeness (QED) is 0.224. The third-order valence-electron chi connectivity index (χ3n) is 2.22. The Labute approximate surface area is 137 Å². The molecule has 3 N–H and O–H groups in total. The van der Waals surface area contributed by atoms with E-state index in [0.29, 0.717) is 39.6 Å². The number of aliphatic hydroxyl groups excluding tert-OH is 2. The number of hydrogen-bond acceptors (Lipinski definition) is 7. The van der Waals surface area contributed by atoms with Crippen LogP contribution >= 0.6 is 0 Å². The van der Waals surface area contributed by atoms with Crippen molar-refractivity contribution in [2.45, 2.75) is 26.1 Å². The van der Waals surface area contributed by atoms with Gasteiger partial charge in [-0.3, -0.25) is 0 Å². The van der Waals surface area contributed by atoms with Gasteiger partial charge in [0.25, 0.3) is 0 Å². The first kappa shape index (κ1) is 24.2. The maximum absolute atomic E-state index is 9.34. The zero-order valence-electron chi connectivity index (χ0n) is 13.8. The van der Waals surface area contributed by atoms with Crippen LogP contribution in [0, 0.1) is 0 Å². The first-order valence-electron chi connectivity index (χ1n) is 7.57. The fourth-order valence-electron chi connectivity index (χ4n) is 1.10. The summed E-state index contributed by atoms with van der Waals surface area (Å²) in [6.07, 6.45) is 1.96. The number of rotatable bonds is 15. The molecule has 23 heavy (non-hydrogen) atoms. The first-order chi connectivity index (χ1) is 11.1. The van der Waals surface area contributed by atoms with E-state index in [1.54, 1.807) is 0 Å². The molecule has 0 rings (SSSR count). The molecule has 138 valence electrons. The smallest absolute Gasteiger partial charge is 0.327 e. The van der Waals surface area contributed by atoms with Crippen molar-refractivity contribution in [2.75, 3.05) is 52.9 Å². The lowest BCUT2D eigenvalue weighted by Gasteiger charge is -2.12. The Balaban J connectivity index is 0. The molecule has 0 fully saturated rings. The van der Waals surface area contributed by atoms with Crippen LogP contribution in [0.4, 0.5) is 0 Å². The van der Waals surface area contributed by atoms with Gasteiger partial charge in [-0.05, 0) is 6.42 Å². The summed E-state index contributed by atoms with van der Waals surface area (Å²) >= 11 is 0. The second-order valence-corrected chi connectivity index (χ2v) is 4.24. The van der Waals surface area contributed by atoms with E-state index >= 15 is 0 Å². The van der Waals surface area contributed by atoms with Crippen LogP contribution in [0.3, 0.4) is 0 Å². The Bertz CT molecular complexity index is 260. The van der Waals surface area contributed by atoms with Crippen molar-refractivity contribution in [3.63, 3.8) is 0 Å². The van der Waals surface area contributed by atoms with Gasteiger partial charge in [0.2, 0.25) is 0 Å². The molecule has 0 aliphatic rings. The Hall–Kier alpha value is -1.03. The van der Waals surface area contributed by atoms with Gasteiger partial charge >= 0.3 is 5.97 Å². The van der Waals surface area contributed by atoms with Gasteiger partial charge in [0.05, 0.1) is 46.2 Å². The minimum atomic E-state index is -0.981. The van der Waals surface area contributed by atoms with Gasteiger partial charge in [-0.25, -0.2) is 4.79 Å². The summed E-state index contributed by atoms with van der Waals surface area (Å²) in [6.45, 7) is 7.89. The van der Waals surface area contributed by atoms with Crippen molar-refractivity contribution in [1.82, 2.24) is 0 Å². The fraction of sp³-hybridized carbons (Fsp3) is 0.800. The van der Waals surface area contributed by atoms with Gasteiger partial charge in [0.1, 0.15) is 0 Å². The van der Waals surface area contributed by atoms with E-state index in [-0.39, 0.29) is 13.2 Å². The van der Waals surface area contributed by atoms with Gasteiger partial charge in [0.15, 0.2) is 6.29 Å². The number of aliphatic carboxylic acids is 1. The maximum atomic E-state index is 9.34. The highest BCUT2D eigenvalue weighted by Gasteiger charge is 2.03. The fourth-order valence-corrected chi connectivity index (χ4v) is 1.10. The summed E-state index contributed by atoms with van der Waals surface area (Å²) in [6, 6.07) is 0. The summed E-state index contributed by atoms with van der Waals surface area (Å²) < 4.78 is 20.5. The second-order valence-electron chi connectivity index (χ2n) is 4.24. The zero-order valence-corrected chi connectivity index (χ0v) is 13.8. The van der Waals surface area contributed by atoms with Crippen molar-refractivity contribution in [1.29, 1.82) is 0 Å². The standard InChI is InChI=1S/C12H26O6.C3H4O2/c1-2-3-5-18-12(14)11-17-10-9-16-8-7-15-6-4-13;1-2-3(4)5/h12-14H,2-11H2,1H3;2H,1H2,(H,4,5). The average molecular weight is 338 g/mol. The molecule has 1 unspecified atom stereocenters. The number of carboxylic acid groups (broad SMARTS) is 1. The summed E-state index contributed by atoms with van der Waals surface area (Å²) in [5.41, 5.74) is 0. The molecule has 1 atom stereocenters. The lowest BCUT2D eigenvalue weighted by Crippen LogP contribution is -2.21. The van der Waals surface area contributed by atoms with Crippen molar-refractivity contribution < 1.29 is 39.1 Å². The van der Waals surface area contributed by atoms with Crippen LogP contribution in [0.25, 0.3) is 0 Å². The van der Waals surface area contributed by atoms with E-state index in [9.17, 15) is 9.90 Å². The molecule has 0 saturated heterocycles. The predicted molar refractivity (Wildman–Crippen MR) is 84.2 cm³/mol. The Morgan fingerprint density at radius 1 is 1.09 bits per heavy atom. The van der Waals surface area contributed by atoms with E-state index in [4.69, 9.17) is 29.2 Å². The van der Waals surface area contributed by atoms with Crippen molar-refractivity contribution in [3.05, 3.63) is 12.7 Å². The van der Waals surface area contributed by atoms with Gasteiger partial charge < -0.3 is 34.3 Å². The molecule has 0 saturated carbocycles. The van der Waals surface area contributed by atoms with E-state index in [2.05, 4.69) is 13.5 Å². The maximum Gasteiger partial charge on any atom is 0.327 e. The van der Waals surface area contributed by atoms with E-state index in [1.807, 2.05) is 0 Å². The molecule has 0 aliphatic carbocycles. The molecule has 0 heterocycles. The van der Waals surface area contributed by atoms with Crippen LogP contribution in [-0.4, -0.2) is 80.4 Å². The number of carboxylic acids is 1. The molecule has 0 amide bonds. The largest absolute Gasteiger partial charge is 0.478 e. The highest BCUT2D eigenvalue weighted by Crippen LogP contribution is 1.93. The zero-order chi connectivity index (χ0) is 17.8. The van der Waals surface area contributed by atoms with Crippen LogP contribution in [0.1, 0.15) is 19.8 Å². The van der Waals surface area contributed by atoms with E-state index in [0.717, 1.165) is 18.9 Å². The topological polar surface area (TPSA) is 115 Å². The minimum absolute atomic E-state index is 0.0268. The molecule has 8 heteroatoms. The van der Waals surface area contributed by atoms with Crippen molar-refractivity contribution >= 4 is 5.97 Å². The molecule has 0 aromatic heterocycles. The molecular weight excluding hydrogens is 308 g/mol. The van der Waals surface area contributed by atoms with Crippen LogP contribution < -0.4 is 0 Å². The third-order valence-corrected chi connectivity index (χ3v) is 2.22. The molecule has 0 spiro atoms. The lowest BCUT2D eigenvalue weighted by molar-refractivity contribution is -0.141. The first-order valence-corrected chi connectivity index (χ1v) is 7.57. The van der Waals surface area contributed by atoms with Crippen LogP contribution in [0.2, 0.25) is 0 Å². The molecule has 0 bridgehead atoms. The number of carbonyl (C=O) groups is 1. The highest BCUT2D eigenvalue weighted by atomic mass is 16.6. The highest BCUT2D eigenvalue weighted by molar-refractivity contribution is 5.78. The van der Waals surface area contributed by atoms with Crippen LogP contribution in [-0.2, 0) is 23.7 Å². The molecular formula is C15H30O8. The number of unbranched alkanes of at least 4 members (excludes halogenated alkanes) is 1. The van der Waals surface area contributed by atoms with Crippen LogP contribution in [0.5, 0.6) is 0 Å². The molecule has 0 aromatic rings. The van der Waals surface area contributed by atoms with Crippen molar-refractivity contribution in [2.24, 2.45) is 0 Å². The predicted octanol–water partition coefficient (Wildman–Crippen LogP) is 0.421. The Morgan fingerprint density at radius 3 is 2.09 bits per heavy atom. The third kappa shape index (κ3) is 26.2. The lowest BCUT2D eigenvalue weighted by atomic mass is 10.4. The summed E-state index contributed by atoms with van der Waals surface area (Å²) in [5, 5.41) is 25.4. The normalized spacial score (nSPS) is 11.4. The average Bonchev–Trinajstić information content (AvgIpc) is 2.54. The van der Waals surface area contributed by atoms with Gasteiger partial charge in [0, 0.05) is 12.7 Å². The number of hydrogen-bond donors (Lipinski definition) is 3. The van der Waals surface area contributed by atoms with Gasteiger partial charge in [-0.15, -0.1) is 0 Å². The Morgan fingerprint density at radius 2 is 1.61 bits per heavy atom. The van der Waals surface area contributed by atoms with Crippen LogP contribution in [0.15, 0.2) is 12.7 Å². The van der Waals surface area contributed by atoms with E-state index < -0.39 is 12.3 Å². The number of ether oxygens (including phenoxy) is 4. The Kier molecular flexibility index (Phi) is 22.1. The summed E-state index contributed by atoms with van der Waals surface area (Å²) in [5.74, 6) is -0.981. The summed E-state index contributed by atoms with van der Waals surface area (Å²) in [7, 11) is 0. The van der Waals surface area contributed by atoms with Gasteiger partial charge in [-0.1, -0.05) is 19.9 Å². The van der Waals surface area contributed by atoms with Gasteiger partial charge in [-0.2, -0.15) is 0 Å². The molecule has 0 radical (unpaired) electrons. The monoisotopic (exact) mass is 338 g/mol. The van der Waals surface area contributed by atoms with E-state index in [1.165, 1.54) is 0 Å². The van der Waals surface area contributed by atoms with Crippen molar-refractivity contribution in [3.8, 4) is 0 Å². The minimum Gasteiger partial charge on any atom is -0.478 e. The second kappa shape index (κ2) is 21.0. The molecule has 0 aliphatic heterocycles. The molecule has 0 aromatic carbocycles.